The second-order valence-corrected chi connectivity index (χ2v) is 5.80. The van der Waals surface area contributed by atoms with E-state index >= 15 is 0 Å². The third kappa shape index (κ3) is 11.3. The molecule has 126 valence electrons. The third-order valence-corrected chi connectivity index (χ3v) is 3.29. The van der Waals surface area contributed by atoms with E-state index in [1.165, 1.54) is 11.1 Å². The van der Waals surface area contributed by atoms with Crippen molar-refractivity contribution in [1.29, 1.82) is 0 Å². The standard InChI is InChI=1S/C18H30O4/c1-14(2)7-5-8-15(3)9-6-10-16(4)11-12-22-17(13-19)18(20)21/h7,9,11,17,19H,5-6,8,10,12-13H2,1-4H3,(H,20,21)/b15-9+,16-11+/t17-/m0/s1. The molecule has 0 saturated carbocycles. The summed E-state index contributed by atoms with van der Waals surface area (Å²) in [6.07, 6.45) is 9.33. The normalized spacial score (nSPS) is 13.9. The molecule has 1 atom stereocenters. The van der Waals surface area contributed by atoms with E-state index in [0.717, 1.165) is 31.3 Å². The minimum atomic E-state index is -1.14. The Labute approximate surface area is 134 Å². The van der Waals surface area contributed by atoms with Gasteiger partial charge in [0, 0.05) is 0 Å². The summed E-state index contributed by atoms with van der Waals surface area (Å²) in [5.41, 5.74) is 3.91. The van der Waals surface area contributed by atoms with Crippen molar-refractivity contribution in [3.8, 4) is 0 Å². The largest absolute Gasteiger partial charge is 0.479 e. The molecule has 0 fully saturated rings. The molecule has 0 aromatic rings. The molecule has 0 aliphatic rings. The molecule has 4 nitrogen and oxygen atoms in total. The van der Waals surface area contributed by atoms with Crippen molar-refractivity contribution in [2.75, 3.05) is 13.2 Å². The van der Waals surface area contributed by atoms with Crippen molar-refractivity contribution in [3.63, 3.8) is 0 Å². The molecule has 0 rings (SSSR count). The first-order valence-corrected chi connectivity index (χ1v) is 7.76. The fourth-order valence-corrected chi connectivity index (χ4v) is 1.85. The first-order valence-electron chi connectivity index (χ1n) is 7.76. The summed E-state index contributed by atoms with van der Waals surface area (Å²) < 4.78 is 5.08. The van der Waals surface area contributed by atoms with E-state index in [1.54, 1.807) is 0 Å². The minimum Gasteiger partial charge on any atom is -0.479 e. The Balaban J connectivity index is 4.01. The predicted molar refractivity (Wildman–Crippen MR) is 89.9 cm³/mol. The second-order valence-electron chi connectivity index (χ2n) is 5.80. The summed E-state index contributed by atoms with van der Waals surface area (Å²) in [7, 11) is 0. The molecule has 0 aliphatic carbocycles. The van der Waals surface area contributed by atoms with Crippen LogP contribution in [0.1, 0.15) is 53.4 Å². The number of rotatable bonds is 11. The zero-order valence-corrected chi connectivity index (χ0v) is 14.3. The van der Waals surface area contributed by atoms with Gasteiger partial charge in [0.2, 0.25) is 0 Å². The van der Waals surface area contributed by atoms with Gasteiger partial charge in [-0.1, -0.05) is 34.9 Å². The molecule has 0 spiro atoms. The van der Waals surface area contributed by atoms with Gasteiger partial charge in [-0.15, -0.1) is 0 Å². The van der Waals surface area contributed by atoms with Gasteiger partial charge in [-0.2, -0.15) is 0 Å². The Bertz CT molecular complexity index is 415. The predicted octanol–water partition coefficient (Wildman–Crippen LogP) is 3.87. The molecular formula is C18H30O4. The van der Waals surface area contributed by atoms with Gasteiger partial charge in [0.05, 0.1) is 13.2 Å². The van der Waals surface area contributed by atoms with Crippen LogP contribution in [0.15, 0.2) is 34.9 Å². The number of carboxylic acid groups (broad SMARTS) is 1. The van der Waals surface area contributed by atoms with Crippen LogP contribution in [0, 0.1) is 0 Å². The Morgan fingerprint density at radius 3 is 2.05 bits per heavy atom. The highest BCUT2D eigenvalue weighted by molar-refractivity contribution is 5.72. The molecule has 0 bridgehead atoms. The minimum absolute atomic E-state index is 0.215. The highest BCUT2D eigenvalue weighted by Gasteiger charge is 2.15. The smallest absolute Gasteiger partial charge is 0.335 e. The molecule has 0 saturated heterocycles. The van der Waals surface area contributed by atoms with Crippen LogP contribution in [-0.2, 0) is 9.53 Å². The highest BCUT2D eigenvalue weighted by atomic mass is 16.5. The molecule has 0 radical (unpaired) electrons. The maximum atomic E-state index is 10.7. The van der Waals surface area contributed by atoms with Gasteiger partial charge in [0.25, 0.3) is 0 Å². The Morgan fingerprint density at radius 1 is 1.00 bits per heavy atom. The quantitative estimate of drug-likeness (QED) is 0.569. The van der Waals surface area contributed by atoms with E-state index < -0.39 is 18.7 Å². The molecule has 2 N–H and O–H groups in total. The van der Waals surface area contributed by atoms with E-state index in [4.69, 9.17) is 14.9 Å². The van der Waals surface area contributed by atoms with Crippen LogP contribution in [0.2, 0.25) is 0 Å². The maximum Gasteiger partial charge on any atom is 0.335 e. The number of aliphatic hydroxyl groups excluding tert-OH is 1. The molecule has 4 heteroatoms. The van der Waals surface area contributed by atoms with Gasteiger partial charge >= 0.3 is 5.97 Å². The van der Waals surface area contributed by atoms with Crippen molar-refractivity contribution in [2.24, 2.45) is 0 Å². The van der Waals surface area contributed by atoms with Gasteiger partial charge < -0.3 is 14.9 Å². The molecule has 0 aromatic heterocycles. The molecule has 0 amide bonds. The summed E-state index contributed by atoms with van der Waals surface area (Å²) in [6.45, 7) is 8.09. The lowest BCUT2D eigenvalue weighted by Gasteiger charge is -2.09. The topological polar surface area (TPSA) is 66.8 Å². The SMILES string of the molecule is CC(C)=CCC/C(C)=C/CC/C(C)=C/CO[C@@H](CO)C(=O)O. The lowest BCUT2D eigenvalue weighted by atomic mass is 10.1. The van der Waals surface area contributed by atoms with Crippen LogP contribution < -0.4 is 0 Å². The second kappa shape index (κ2) is 12.2. The zero-order chi connectivity index (χ0) is 17.0. The summed E-state index contributed by atoms with van der Waals surface area (Å²) in [6, 6.07) is 0. The summed E-state index contributed by atoms with van der Waals surface area (Å²) in [5.74, 6) is -1.14. The number of ether oxygens (including phenoxy) is 1. The summed E-state index contributed by atoms with van der Waals surface area (Å²) in [5, 5.41) is 17.6. The van der Waals surface area contributed by atoms with Gasteiger partial charge in [-0.05, 0) is 53.4 Å². The number of hydrogen-bond acceptors (Lipinski definition) is 3. The van der Waals surface area contributed by atoms with Crippen molar-refractivity contribution < 1.29 is 19.7 Å². The lowest BCUT2D eigenvalue weighted by molar-refractivity contribution is -0.152. The van der Waals surface area contributed by atoms with Gasteiger partial charge in [0.1, 0.15) is 0 Å². The van der Waals surface area contributed by atoms with Crippen LogP contribution in [0.3, 0.4) is 0 Å². The first kappa shape index (κ1) is 20.6. The number of carbonyl (C=O) groups is 1. The molecule has 0 unspecified atom stereocenters. The van der Waals surface area contributed by atoms with Crippen LogP contribution in [0.5, 0.6) is 0 Å². The first-order chi connectivity index (χ1) is 10.4. The van der Waals surface area contributed by atoms with E-state index in [0.29, 0.717) is 0 Å². The Hall–Kier alpha value is -1.39. The zero-order valence-electron chi connectivity index (χ0n) is 14.3. The number of aliphatic hydroxyl groups is 1. The van der Waals surface area contributed by atoms with Crippen molar-refractivity contribution in [2.45, 2.75) is 59.5 Å². The van der Waals surface area contributed by atoms with Gasteiger partial charge in [-0.3, -0.25) is 0 Å². The van der Waals surface area contributed by atoms with Crippen LogP contribution >= 0.6 is 0 Å². The fourth-order valence-electron chi connectivity index (χ4n) is 1.85. The maximum absolute atomic E-state index is 10.7. The summed E-state index contributed by atoms with van der Waals surface area (Å²) >= 11 is 0. The Morgan fingerprint density at radius 2 is 1.55 bits per heavy atom. The highest BCUT2D eigenvalue weighted by Crippen LogP contribution is 2.11. The average Bonchev–Trinajstić information content (AvgIpc) is 2.42. The van der Waals surface area contributed by atoms with E-state index in [-0.39, 0.29) is 6.61 Å². The summed E-state index contributed by atoms with van der Waals surface area (Å²) in [4.78, 5) is 10.7. The van der Waals surface area contributed by atoms with Crippen molar-refractivity contribution in [1.82, 2.24) is 0 Å². The molecule has 0 aliphatic heterocycles. The Kier molecular flexibility index (Phi) is 11.4. The van der Waals surface area contributed by atoms with E-state index in [1.807, 2.05) is 13.0 Å². The number of hydrogen-bond donors (Lipinski definition) is 2. The molecular weight excluding hydrogens is 280 g/mol. The van der Waals surface area contributed by atoms with E-state index in [9.17, 15) is 4.79 Å². The lowest BCUT2D eigenvalue weighted by Crippen LogP contribution is -2.27. The molecule has 22 heavy (non-hydrogen) atoms. The number of allylic oxidation sites excluding steroid dienone is 5. The van der Waals surface area contributed by atoms with Crippen LogP contribution in [0.25, 0.3) is 0 Å². The van der Waals surface area contributed by atoms with Crippen LogP contribution in [-0.4, -0.2) is 35.5 Å². The monoisotopic (exact) mass is 310 g/mol. The van der Waals surface area contributed by atoms with Gasteiger partial charge in [-0.25, -0.2) is 4.79 Å². The molecule has 0 aromatic carbocycles. The van der Waals surface area contributed by atoms with Crippen LogP contribution in [0.4, 0.5) is 0 Å². The number of carboxylic acids is 1. The van der Waals surface area contributed by atoms with Crippen molar-refractivity contribution >= 4 is 5.97 Å². The fraction of sp³-hybridized carbons (Fsp3) is 0.611. The molecule has 0 heterocycles. The third-order valence-electron chi connectivity index (χ3n) is 3.29. The number of aliphatic carboxylic acids is 1. The average molecular weight is 310 g/mol. The van der Waals surface area contributed by atoms with Gasteiger partial charge in [0.15, 0.2) is 6.10 Å². The van der Waals surface area contributed by atoms with E-state index in [2.05, 4.69) is 32.9 Å². The van der Waals surface area contributed by atoms with Crippen molar-refractivity contribution in [3.05, 3.63) is 34.9 Å².